The number of aromatic nitrogens is 1. The van der Waals surface area contributed by atoms with E-state index in [4.69, 9.17) is 4.42 Å². The highest BCUT2D eigenvalue weighted by molar-refractivity contribution is 7.25. The van der Waals surface area contributed by atoms with Crippen molar-refractivity contribution in [1.82, 2.24) is 4.98 Å². The Morgan fingerprint density at radius 2 is 1.27 bits per heavy atom. The monoisotopic (exact) mass is 439 g/mol. The molecular formula is C30H17NOS. The van der Waals surface area contributed by atoms with Crippen molar-refractivity contribution < 1.29 is 4.42 Å². The summed E-state index contributed by atoms with van der Waals surface area (Å²) < 4.78 is 9.02. The lowest BCUT2D eigenvalue weighted by Crippen LogP contribution is -1.78. The van der Waals surface area contributed by atoms with Gasteiger partial charge < -0.3 is 9.40 Å². The lowest BCUT2D eigenvalue weighted by molar-refractivity contribution is 0.673. The number of para-hydroxylation sites is 1. The molecule has 0 atom stereocenters. The van der Waals surface area contributed by atoms with Gasteiger partial charge in [0.1, 0.15) is 11.2 Å². The number of thiophene rings is 1. The van der Waals surface area contributed by atoms with E-state index in [1.54, 1.807) is 0 Å². The minimum absolute atomic E-state index is 0.931. The highest BCUT2D eigenvalue weighted by Gasteiger charge is 2.15. The number of aromatic amines is 1. The van der Waals surface area contributed by atoms with Gasteiger partial charge >= 0.3 is 0 Å². The molecule has 3 heteroatoms. The van der Waals surface area contributed by atoms with Gasteiger partial charge in [-0.15, -0.1) is 11.3 Å². The molecule has 3 aromatic heterocycles. The first-order valence-corrected chi connectivity index (χ1v) is 11.9. The predicted molar refractivity (Wildman–Crippen MR) is 141 cm³/mol. The van der Waals surface area contributed by atoms with E-state index in [1.165, 1.54) is 36.7 Å². The fourth-order valence-electron chi connectivity index (χ4n) is 5.25. The van der Waals surface area contributed by atoms with E-state index in [0.29, 0.717) is 0 Å². The fourth-order valence-corrected chi connectivity index (χ4v) is 6.34. The van der Waals surface area contributed by atoms with Gasteiger partial charge in [0.05, 0.1) is 10.9 Å². The van der Waals surface area contributed by atoms with E-state index in [-0.39, 0.29) is 0 Å². The topological polar surface area (TPSA) is 28.9 Å². The molecule has 0 unspecified atom stereocenters. The molecule has 0 saturated heterocycles. The zero-order chi connectivity index (χ0) is 21.5. The highest BCUT2D eigenvalue weighted by Crippen LogP contribution is 2.40. The normalized spacial score (nSPS) is 12.2. The van der Waals surface area contributed by atoms with Crippen molar-refractivity contribution in [2.75, 3.05) is 0 Å². The van der Waals surface area contributed by atoms with Gasteiger partial charge in [-0.1, -0.05) is 48.5 Å². The van der Waals surface area contributed by atoms with Gasteiger partial charge in [0, 0.05) is 41.8 Å². The highest BCUT2D eigenvalue weighted by atomic mass is 32.1. The molecule has 0 radical (unpaired) electrons. The average Bonchev–Trinajstić information content (AvgIpc) is 3.53. The Hall–Kier alpha value is -4.08. The zero-order valence-electron chi connectivity index (χ0n) is 17.6. The Bertz CT molecular complexity index is 2040. The van der Waals surface area contributed by atoms with Gasteiger partial charge in [-0.2, -0.15) is 0 Å². The van der Waals surface area contributed by atoms with Crippen LogP contribution in [0.3, 0.4) is 0 Å². The van der Waals surface area contributed by atoms with Gasteiger partial charge in [-0.3, -0.25) is 0 Å². The van der Waals surface area contributed by atoms with Gasteiger partial charge in [-0.25, -0.2) is 0 Å². The first-order chi connectivity index (χ1) is 16.3. The summed E-state index contributed by atoms with van der Waals surface area (Å²) in [7, 11) is 0. The molecule has 154 valence electrons. The minimum atomic E-state index is 0.931. The van der Waals surface area contributed by atoms with E-state index >= 15 is 0 Å². The number of rotatable bonds is 1. The molecule has 3 heterocycles. The summed E-state index contributed by atoms with van der Waals surface area (Å²) in [6, 6.07) is 34.8. The molecule has 0 aliphatic carbocycles. The maximum Gasteiger partial charge on any atom is 0.145 e. The first kappa shape index (κ1) is 17.5. The molecule has 2 nitrogen and oxygen atoms in total. The van der Waals surface area contributed by atoms with Crippen LogP contribution in [-0.2, 0) is 0 Å². The third-order valence-electron chi connectivity index (χ3n) is 6.82. The SMILES string of the molecule is c1ccc2c(c1)oc1c2ccc2[nH]c3ccc(-c4ccc5sc6ccccc6c5c4)cc3c21. The third-order valence-corrected chi connectivity index (χ3v) is 7.97. The summed E-state index contributed by atoms with van der Waals surface area (Å²) in [6.45, 7) is 0. The van der Waals surface area contributed by atoms with E-state index in [9.17, 15) is 0 Å². The second kappa shape index (κ2) is 6.25. The van der Waals surface area contributed by atoms with Gasteiger partial charge in [0.2, 0.25) is 0 Å². The van der Waals surface area contributed by atoms with E-state index in [2.05, 4.69) is 89.9 Å². The summed E-state index contributed by atoms with van der Waals surface area (Å²) in [5.74, 6) is 0. The number of hydrogen-bond donors (Lipinski definition) is 1. The average molecular weight is 440 g/mol. The first-order valence-electron chi connectivity index (χ1n) is 11.1. The summed E-state index contributed by atoms with van der Waals surface area (Å²) in [6.07, 6.45) is 0. The lowest BCUT2D eigenvalue weighted by Gasteiger charge is -2.03. The molecule has 0 amide bonds. The van der Waals surface area contributed by atoms with E-state index in [1.807, 2.05) is 23.5 Å². The summed E-state index contributed by atoms with van der Waals surface area (Å²) in [5.41, 5.74) is 6.57. The fraction of sp³-hybridized carbons (Fsp3) is 0. The van der Waals surface area contributed by atoms with Crippen LogP contribution in [0, 0.1) is 0 Å². The predicted octanol–water partition coefficient (Wildman–Crippen LogP) is 9.26. The maximum absolute atomic E-state index is 6.35. The van der Waals surface area contributed by atoms with Crippen molar-refractivity contribution in [3.8, 4) is 11.1 Å². The van der Waals surface area contributed by atoms with Gasteiger partial charge in [0.15, 0.2) is 0 Å². The summed E-state index contributed by atoms with van der Waals surface area (Å²) in [5, 5.41) is 7.33. The Kier molecular flexibility index (Phi) is 3.31. The van der Waals surface area contributed by atoms with Crippen molar-refractivity contribution >= 4 is 75.3 Å². The number of fused-ring (bicyclic) bond motifs is 10. The summed E-state index contributed by atoms with van der Waals surface area (Å²) >= 11 is 1.86. The van der Waals surface area contributed by atoms with Crippen molar-refractivity contribution in [2.45, 2.75) is 0 Å². The molecule has 0 fully saturated rings. The third kappa shape index (κ3) is 2.37. The second-order valence-electron chi connectivity index (χ2n) is 8.66. The Morgan fingerprint density at radius 1 is 0.545 bits per heavy atom. The van der Waals surface area contributed by atoms with Crippen molar-refractivity contribution in [3.63, 3.8) is 0 Å². The number of hydrogen-bond acceptors (Lipinski definition) is 2. The maximum atomic E-state index is 6.35. The molecule has 1 N–H and O–H groups in total. The Labute approximate surface area is 192 Å². The largest absolute Gasteiger partial charge is 0.455 e. The number of furan rings is 1. The molecule has 33 heavy (non-hydrogen) atoms. The molecule has 0 aliphatic rings. The minimum Gasteiger partial charge on any atom is -0.455 e. The zero-order valence-corrected chi connectivity index (χ0v) is 18.4. The standard InChI is InChI=1S/C30H17NOS/c1-3-7-26-19(5-1)21-11-13-25-29(30(21)32-26)23-16-17(9-12-24(23)31-25)18-10-14-28-22(15-18)20-6-2-4-8-27(20)33-28/h1-16,31H. The smallest absolute Gasteiger partial charge is 0.145 e. The van der Waals surface area contributed by atoms with Crippen LogP contribution in [0.1, 0.15) is 0 Å². The number of benzene rings is 5. The van der Waals surface area contributed by atoms with E-state index < -0.39 is 0 Å². The van der Waals surface area contributed by atoms with Crippen molar-refractivity contribution in [2.24, 2.45) is 0 Å². The van der Waals surface area contributed by atoms with Crippen LogP contribution in [0.5, 0.6) is 0 Å². The molecule has 5 aromatic carbocycles. The molecule has 8 rings (SSSR count). The summed E-state index contributed by atoms with van der Waals surface area (Å²) in [4.78, 5) is 3.58. The van der Waals surface area contributed by atoms with Crippen LogP contribution in [0.2, 0.25) is 0 Å². The van der Waals surface area contributed by atoms with E-state index in [0.717, 1.165) is 38.4 Å². The molecular weight excluding hydrogens is 422 g/mol. The van der Waals surface area contributed by atoms with Crippen LogP contribution < -0.4 is 0 Å². The molecule has 8 aromatic rings. The molecule has 0 spiro atoms. The Balaban J connectivity index is 1.42. The van der Waals surface area contributed by atoms with Crippen molar-refractivity contribution in [1.29, 1.82) is 0 Å². The van der Waals surface area contributed by atoms with Crippen LogP contribution in [-0.4, -0.2) is 4.98 Å². The van der Waals surface area contributed by atoms with Gasteiger partial charge in [0.25, 0.3) is 0 Å². The lowest BCUT2D eigenvalue weighted by atomic mass is 10.00. The van der Waals surface area contributed by atoms with Gasteiger partial charge in [-0.05, 0) is 59.7 Å². The molecule has 0 bridgehead atoms. The molecule has 0 saturated carbocycles. The van der Waals surface area contributed by atoms with Crippen LogP contribution in [0.15, 0.2) is 101 Å². The van der Waals surface area contributed by atoms with Crippen LogP contribution in [0.25, 0.3) is 75.0 Å². The Morgan fingerprint density at radius 3 is 2.21 bits per heavy atom. The quantitative estimate of drug-likeness (QED) is 0.271. The number of H-pyrrole nitrogens is 1. The van der Waals surface area contributed by atoms with Crippen LogP contribution >= 0.6 is 11.3 Å². The number of nitrogens with one attached hydrogen (secondary N) is 1. The molecule has 0 aliphatic heterocycles. The van der Waals surface area contributed by atoms with Crippen LogP contribution in [0.4, 0.5) is 0 Å². The van der Waals surface area contributed by atoms with Crippen molar-refractivity contribution in [3.05, 3.63) is 97.1 Å². The second-order valence-corrected chi connectivity index (χ2v) is 9.74.